The van der Waals surface area contributed by atoms with Gasteiger partial charge in [0.1, 0.15) is 0 Å². The highest BCUT2D eigenvalue weighted by molar-refractivity contribution is 5.83. The van der Waals surface area contributed by atoms with Gasteiger partial charge in [0.2, 0.25) is 0 Å². The Morgan fingerprint density at radius 1 is 1.13 bits per heavy atom. The average Bonchev–Trinajstić information content (AvgIpc) is 3.18. The molecule has 30 heavy (non-hydrogen) atoms. The third-order valence-electron chi connectivity index (χ3n) is 4.75. The van der Waals surface area contributed by atoms with Gasteiger partial charge < -0.3 is 20.4 Å². The number of H-pyrrole nitrogens is 1. The summed E-state index contributed by atoms with van der Waals surface area (Å²) in [6, 6.07) is 14.7. The summed E-state index contributed by atoms with van der Waals surface area (Å²) >= 11 is 0. The van der Waals surface area contributed by atoms with Crippen LogP contribution in [0.4, 0.5) is 5.69 Å². The Morgan fingerprint density at radius 2 is 1.90 bits per heavy atom. The molecule has 0 aliphatic rings. The molecule has 3 aromatic rings. The minimum atomic E-state index is -0.401. The van der Waals surface area contributed by atoms with E-state index in [1.807, 2.05) is 18.3 Å². The summed E-state index contributed by atoms with van der Waals surface area (Å²) < 4.78 is 5.10. The van der Waals surface area contributed by atoms with Crippen molar-refractivity contribution in [2.75, 3.05) is 26.8 Å². The number of aromatic nitrogens is 1. The zero-order valence-electron chi connectivity index (χ0n) is 17.1. The molecule has 0 bridgehead atoms. The van der Waals surface area contributed by atoms with Crippen LogP contribution in [0.3, 0.4) is 0 Å². The van der Waals surface area contributed by atoms with Gasteiger partial charge in [-0.1, -0.05) is 30.3 Å². The number of benzene rings is 2. The molecule has 0 fully saturated rings. The van der Waals surface area contributed by atoms with Crippen molar-refractivity contribution >= 4 is 22.5 Å². The molecule has 8 heteroatoms. The first-order chi connectivity index (χ1) is 14.7. The number of non-ortho nitro benzene ring substituents is 1. The Kier molecular flexibility index (Phi) is 7.79. The molecule has 2 aromatic carbocycles. The Morgan fingerprint density at radius 3 is 2.67 bits per heavy atom. The Hall–Kier alpha value is -3.39. The number of aliphatic imine (C=N–C) groups is 1. The molecule has 0 saturated carbocycles. The Balaban J connectivity index is 1.59. The molecule has 0 radical (unpaired) electrons. The number of fused-ring (bicyclic) bond motifs is 1. The molecule has 0 unspecified atom stereocenters. The van der Waals surface area contributed by atoms with Crippen molar-refractivity contribution in [2.45, 2.75) is 19.4 Å². The predicted octanol–water partition coefficient (Wildman–Crippen LogP) is 3.39. The van der Waals surface area contributed by atoms with Crippen LogP contribution in [-0.4, -0.2) is 42.7 Å². The summed E-state index contributed by atoms with van der Waals surface area (Å²) in [5, 5.41) is 18.7. The second-order valence-corrected chi connectivity index (χ2v) is 6.90. The van der Waals surface area contributed by atoms with Crippen LogP contribution in [0.15, 0.2) is 59.7 Å². The number of guanidine groups is 1. The van der Waals surface area contributed by atoms with Gasteiger partial charge in [0.25, 0.3) is 5.69 Å². The van der Waals surface area contributed by atoms with E-state index in [0.717, 1.165) is 37.0 Å². The summed E-state index contributed by atoms with van der Waals surface area (Å²) in [5.41, 5.74) is 3.39. The van der Waals surface area contributed by atoms with E-state index in [4.69, 9.17) is 4.74 Å². The number of nitrogens with one attached hydrogen (secondary N) is 3. The minimum absolute atomic E-state index is 0.0810. The predicted molar refractivity (Wildman–Crippen MR) is 119 cm³/mol. The molecule has 8 nitrogen and oxygen atoms in total. The summed E-state index contributed by atoms with van der Waals surface area (Å²) in [6.45, 7) is 2.59. The standard InChI is InChI=1S/C22H27N5O3/c1-30-14-4-12-23-22(26-15-17-7-9-19(10-8-17)27(28)29)24-13-11-18-16-25-21-6-3-2-5-20(18)21/h2-3,5-10,16,25H,4,11-15H2,1H3,(H2,23,24,26). The highest BCUT2D eigenvalue weighted by Crippen LogP contribution is 2.17. The molecule has 0 aliphatic heterocycles. The van der Waals surface area contributed by atoms with E-state index < -0.39 is 4.92 Å². The van der Waals surface area contributed by atoms with Gasteiger partial charge in [-0.15, -0.1) is 0 Å². The molecule has 0 atom stereocenters. The van der Waals surface area contributed by atoms with Crippen molar-refractivity contribution in [1.29, 1.82) is 0 Å². The molecular weight excluding hydrogens is 382 g/mol. The molecule has 0 amide bonds. The highest BCUT2D eigenvalue weighted by atomic mass is 16.6. The van der Waals surface area contributed by atoms with Crippen LogP contribution in [0.5, 0.6) is 0 Å². The fourth-order valence-electron chi connectivity index (χ4n) is 3.15. The molecule has 3 rings (SSSR count). The zero-order valence-corrected chi connectivity index (χ0v) is 17.1. The smallest absolute Gasteiger partial charge is 0.269 e. The highest BCUT2D eigenvalue weighted by Gasteiger charge is 2.06. The van der Waals surface area contributed by atoms with Crippen LogP contribution in [0.25, 0.3) is 10.9 Å². The van der Waals surface area contributed by atoms with Gasteiger partial charge in [-0.3, -0.25) is 10.1 Å². The monoisotopic (exact) mass is 409 g/mol. The number of hydrogen-bond donors (Lipinski definition) is 3. The van der Waals surface area contributed by atoms with Crippen LogP contribution in [0, 0.1) is 10.1 Å². The second-order valence-electron chi connectivity index (χ2n) is 6.90. The van der Waals surface area contributed by atoms with E-state index >= 15 is 0 Å². The van der Waals surface area contributed by atoms with Crippen molar-refractivity contribution in [2.24, 2.45) is 4.99 Å². The number of rotatable bonds is 10. The number of aromatic amines is 1. The first kappa shape index (κ1) is 21.3. The summed E-state index contributed by atoms with van der Waals surface area (Å²) in [7, 11) is 1.68. The molecule has 1 heterocycles. The molecule has 0 aliphatic carbocycles. The molecule has 0 spiro atoms. The maximum Gasteiger partial charge on any atom is 0.269 e. The quantitative estimate of drug-likeness (QED) is 0.157. The SMILES string of the molecule is COCCCNC(=NCc1ccc([N+](=O)[O-])cc1)NCCc1c[nH]c2ccccc12. The van der Waals surface area contributed by atoms with Crippen LogP contribution in [0.2, 0.25) is 0 Å². The number of methoxy groups -OCH3 is 1. The largest absolute Gasteiger partial charge is 0.385 e. The number of nitro groups is 1. The number of nitrogens with zero attached hydrogens (tertiary/aromatic N) is 2. The minimum Gasteiger partial charge on any atom is -0.385 e. The first-order valence-corrected chi connectivity index (χ1v) is 9.97. The van der Waals surface area contributed by atoms with E-state index in [-0.39, 0.29) is 5.69 Å². The normalized spacial score (nSPS) is 11.6. The Bertz CT molecular complexity index is 982. The number of ether oxygens (including phenoxy) is 1. The first-order valence-electron chi connectivity index (χ1n) is 9.97. The lowest BCUT2D eigenvalue weighted by Gasteiger charge is -2.12. The van der Waals surface area contributed by atoms with E-state index in [1.165, 1.54) is 23.1 Å². The molecule has 158 valence electrons. The average molecular weight is 409 g/mol. The van der Waals surface area contributed by atoms with Gasteiger partial charge in [0.15, 0.2) is 5.96 Å². The third kappa shape index (κ3) is 6.05. The van der Waals surface area contributed by atoms with Crippen LogP contribution in [-0.2, 0) is 17.7 Å². The fraction of sp³-hybridized carbons (Fsp3) is 0.318. The molecular formula is C22H27N5O3. The summed E-state index contributed by atoms with van der Waals surface area (Å²) in [6.07, 6.45) is 3.78. The number of nitro benzene ring substituents is 1. The van der Waals surface area contributed by atoms with Gasteiger partial charge in [0, 0.05) is 56.0 Å². The molecule has 3 N–H and O–H groups in total. The molecule has 1 aromatic heterocycles. The van der Waals surface area contributed by atoms with Gasteiger partial charge in [-0.25, -0.2) is 4.99 Å². The number of hydrogen-bond acceptors (Lipinski definition) is 4. The van der Waals surface area contributed by atoms with Gasteiger partial charge in [0.05, 0.1) is 11.5 Å². The lowest BCUT2D eigenvalue weighted by atomic mass is 10.1. The maximum absolute atomic E-state index is 10.8. The van der Waals surface area contributed by atoms with Crippen molar-refractivity contribution in [3.63, 3.8) is 0 Å². The van der Waals surface area contributed by atoms with Crippen LogP contribution >= 0.6 is 0 Å². The Labute approximate surface area is 175 Å². The lowest BCUT2D eigenvalue weighted by molar-refractivity contribution is -0.384. The van der Waals surface area contributed by atoms with E-state index in [0.29, 0.717) is 19.1 Å². The zero-order chi connectivity index (χ0) is 21.2. The van der Waals surface area contributed by atoms with Crippen LogP contribution < -0.4 is 10.6 Å². The van der Waals surface area contributed by atoms with Gasteiger partial charge in [-0.2, -0.15) is 0 Å². The fourth-order valence-corrected chi connectivity index (χ4v) is 3.15. The van der Waals surface area contributed by atoms with E-state index in [1.54, 1.807) is 19.2 Å². The summed E-state index contributed by atoms with van der Waals surface area (Å²) in [4.78, 5) is 18.3. The van der Waals surface area contributed by atoms with Gasteiger partial charge >= 0.3 is 0 Å². The van der Waals surface area contributed by atoms with Crippen molar-refractivity contribution in [3.8, 4) is 0 Å². The third-order valence-corrected chi connectivity index (χ3v) is 4.75. The summed E-state index contributed by atoms with van der Waals surface area (Å²) in [5.74, 6) is 0.712. The maximum atomic E-state index is 10.8. The van der Waals surface area contributed by atoms with Gasteiger partial charge in [-0.05, 0) is 30.0 Å². The van der Waals surface area contributed by atoms with Crippen molar-refractivity contribution < 1.29 is 9.66 Å². The van der Waals surface area contributed by atoms with E-state index in [9.17, 15) is 10.1 Å². The van der Waals surface area contributed by atoms with Crippen molar-refractivity contribution in [1.82, 2.24) is 15.6 Å². The van der Waals surface area contributed by atoms with Crippen LogP contribution in [0.1, 0.15) is 17.5 Å². The van der Waals surface area contributed by atoms with E-state index in [2.05, 4.69) is 32.7 Å². The van der Waals surface area contributed by atoms with Crippen molar-refractivity contribution in [3.05, 3.63) is 76.0 Å². The number of para-hydroxylation sites is 1. The topological polar surface area (TPSA) is 105 Å². The molecule has 0 saturated heterocycles. The lowest BCUT2D eigenvalue weighted by Crippen LogP contribution is -2.39. The second kappa shape index (κ2) is 11.0.